The van der Waals surface area contributed by atoms with E-state index >= 15 is 0 Å². The van der Waals surface area contributed by atoms with Gasteiger partial charge in [-0.3, -0.25) is 4.79 Å². The molecule has 0 aromatic heterocycles. The number of methoxy groups -OCH3 is 1. The highest BCUT2D eigenvalue weighted by Gasteiger charge is 2.33. The summed E-state index contributed by atoms with van der Waals surface area (Å²) in [5.41, 5.74) is 1.02. The zero-order valence-electron chi connectivity index (χ0n) is 18.3. The van der Waals surface area contributed by atoms with Gasteiger partial charge in [0.1, 0.15) is 10.6 Å². The SMILES string of the molecule is COc1ccc(C(=O)OCC(=O)NC(c2ccccc2)C2CC2)cc1S(=O)(=O)NC(C)C. The second kappa shape index (κ2) is 10.1. The summed E-state index contributed by atoms with van der Waals surface area (Å²) < 4.78 is 37.9. The van der Waals surface area contributed by atoms with E-state index in [0.717, 1.165) is 18.4 Å². The van der Waals surface area contributed by atoms with Crippen molar-refractivity contribution in [1.82, 2.24) is 10.0 Å². The maximum atomic E-state index is 12.6. The summed E-state index contributed by atoms with van der Waals surface area (Å²) >= 11 is 0. The molecule has 2 aromatic carbocycles. The van der Waals surface area contributed by atoms with Gasteiger partial charge in [-0.15, -0.1) is 0 Å². The first-order chi connectivity index (χ1) is 15.2. The third kappa shape index (κ3) is 6.08. The quantitative estimate of drug-likeness (QED) is 0.528. The van der Waals surface area contributed by atoms with Gasteiger partial charge in [-0.2, -0.15) is 0 Å². The van der Waals surface area contributed by atoms with E-state index in [2.05, 4.69) is 10.0 Å². The topological polar surface area (TPSA) is 111 Å². The van der Waals surface area contributed by atoms with Gasteiger partial charge >= 0.3 is 5.97 Å². The molecule has 1 aliphatic rings. The van der Waals surface area contributed by atoms with Crippen LogP contribution in [0, 0.1) is 5.92 Å². The normalized spacial score (nSPS) is 14.6. The summed E-state index contributed by atoms with van der Waals surface area (Å²) in [6, 6.07) is 13.2. The Morgan fingerprint density at radius 1 is 1.09 bits per heavy atom. The van der Waals surface area contributed by atoms with Gasteiger partial charge in [-0.25, -0.2) is 17.9 Å². The number of carbonyl (C=O) groups is 2. The molecule has 9 heteroatoms. The number of ether oxygens (including phenoxy) is 2. The lowest BCUT2D eigenvalue weighted by atomic mass is 10.0. The zero-order chi connectivity index (χ0) is 23.3. The number of rotatable bonds is 10. The maximum absolute atomic E-state index is 12.6. The molecule has 0 bridgehead atoms. The van der Waals surface area contributed by atoms with Crippen LogP contribution in [0.4, 0.5) is 0 Å². The third-order valence-corrected chi connectivity index (χ3v) is 6.66. The number of carbonyl (C=O) groups excluding carboxylic acids is 2. The lowest BCUT2D eigenvalue weighted by molar-refractivity contribution is -0.125. The molecule has 1 fully saturated rings. The first kappa shape index (κ1) is 23.7. The van der Waals surface area contributed by atoms with Gasteiger partial charge < -0.3 is 14.8 Å². The van der Waals surface area contributed by atoms with Gasteiger partial charge in [0, 0.05) is 6.04 Å². The summed E-state index contributed by atoms with van der Waals surface area (Å²) in [4.78, 5) is 24.7. The van der Waals surface area contributed by atoms with Gasteiger partial charge in [0.25, 0.3) is 5.91 Å². The van der Waals surface area contributed by atoms with Gasteiger partial charge in [0.05, 0.1) is 18.7 Å². The van der Waals surface area contributed by atoms with Crippen LogP contribution in [0.3, 0.4) is 0 Å². The molecule has 1 atom stereocenters. The second-order valence-corrected chi connectivity index (χ2v) is 9.69. The number of hydrogen-bond donors (Lipinski definition) is 2. The minimum Gasteiger partial charge on any atom is -0.495 e. The molecule has 32 heavy (non-hydrogen) atoms. The van der Waals surface area contributed by atoms with E-state index in [1.54, 1.807) is 13.8 Å². The number of esters is 1. The fourth-order valence-electron chi connectivity index (χ4n) is 3.38. The molecule has 172 valence electrons. The third-order valence-electron chi connectivity index (χ3n) is 4.98. The monoisotopic (exact) mass is 460 g/mol. The van der Waals surface area contributed by atoms with Crippen molar-refractivity contribution in [1.29, 1.82) is 0 Å². The zero-order valence-corrected chi connectivity index (χ0v) is 19.1. The van der Waals surface area contributed by atoms with Crippen LogP contribution in [-0.2, 0) is 19.6 Å². The van der Waals surface area contributed by atoms with Crippen molar-refractivity contribution >= 4 is 21.9 Å². The Bertz CT molecular complexity index is 1070. The molecule has 0 spiro atoms. The number of hydrogen-bond acceptors (Lipinski definition) is 6. The number of amides is 1. The van der Waals surface area contributed by atoms with Gasteiger partial charge in [-0.1, -0.05) is 30.3 Å². The molecule has 0 heterocycles. The highest BCUT2D eigenvalue weighted by molar-refractivity contribution is 7.89. The van der Waals surface area contributed by atoms with Gasteiger partial charge in [-0.05, 0) is 56.4 Å². The lowest BCUT2D eigenvalue weighted by Gasteiger charge is -2.19. The summed E-state index contributed by atoms with van der Waals surface area (Å²) in [6.45, 7) is 2.91. The van der Waals surface area contributed by atoms with Crippen molar-refractivity contribution in [2.75, 3.05) is 13.7 Å². The van der Waals surface area contributed by atoms with E-state index in [9.17, 15) is 18.0 Å². The van der Waals surface area contributed by atoms with Crippen LogP contribution in [-0.4, -0.2) is 40.1 Å². The van der Waals surface area contributed by atoms with Gasteiger partial charge in [0.15, 0.2) is 6.61 Å². The van der Waals surface area contributed by atoms with Crippen molar-refractivity contribution in [2.24, 2.45) is 5.92 Å². The molecule has 0 saturated heterocycles. The largest absolute Gasteiger partial charge is 0.495 e. The van der Waals surface area contributed by atoms with Crippen molar-refractivity contribution in [3.63, 3.8) is 0 Å². The predicted octanol–water partition coefficient (Wildman–Crippen LogP) is 2.81. The van der Waals surface area contributed by atoms with E-state index in [1.165, 1.54) is 25.3 Å². The molecule has 1 saturated carbocycles. The fourth-order valence-corrected chi connectivity index (χ4v) is 4.83. The highest BCUT2D eigenvalue weighted by Crippen LogP contribution is 2.40. The van der Waals surface area contributed by atoms with Crippen molar-refractivity contribution in [3.05, 3.63) is 59.7 Å². The fraction of sp³-hybridized carbons (Fsp3) is 0.391. The van der Waals surface area contributed by atoms with Crippen LogP contribution in [0.5, 0.6) is 5.75 Å². The summed E-state index contributed by atoms with van der Waals surface area (Å²) in [6.07, 6.45) is 2.07. The van der Waals surface area contributed by atoms with E-state index in [-0.39, 0.29) is 28.3 Å². The summed E-state index contributed by atoms with van der Waals surface area (Å²) in [5.74, 6) is -0.740. The van der Waals surface area contributed by atoms with Crippen molar-refractivity contribution in [2.45, 2.75) is 43.7 Å². The Labute approximate surface area is 188 Å². The van der Waals surface area contributed by atoms with Crippen LogP contribution in [0.2, 0.25) is 0 Å². The molecule has 8 nitrogen and oxygen atoms in total. The molecular formula is C23H28N2O6S. The summed E-state index contributed by atoms with van der Waals surface area (Å²) in [7, 11) is -2.56. The maximum Gasteiger partial charge on any atom is 0.338 e. The smallest absolute Gasteiger partial charge is 0.338 e. The Kier molecular flexibility index (Phi) is 7.52. The average molecular weight is 461 g/mol. The van der Waals surface area contributed by atoms with E-state index in [4.69, 9.17) is 9.47 Å². The molecule has 1 amide bonds. The average Bonchev–Trinajstić information content (AvgIpc) is 3.60. The molecule has 3 rings (SSSR count). The predicted molar refractivity (Wildman–Crippen MR) is 119 cm³/mol. The highest BCUT2D eigenvalue weighted by atomic mass is 32.2. The molecule has 2 aromatic rings. The second-order valence-electron chi connectivity index (χ2n) is 8.01. The Balaban J connectivity index is 1.66. The number of benzene rings is 2. The minimum atomic E-state index is -3.90. The van der Waals surface area contributed by atoms with Crippen LogP contribution < -0.4 is 14.8 Å². The standard InChI is InChI=1S/C23H28N2O6S/c1-15(2)25-32(28,29)20-13-18(11-12-19(20)30-3)23(27)31-14-21(26)24-22(17-9-10-17)16-7-5-4-6-8-16/h4-8,11-13,15,17,22,25H,9-10,14H2,1-3H3,(H,24,26). The first-order valence-corrected chi connectivity index (χ1v) is 11.9. The molecule has 0 radical (unpaired) electrons. The molecule has 1 aliphatic carbocycles. The van der Waals surface area contributed by atoms with E-state index in [0.29, 0.717) is 5.92 Å². The Morgan fingerprint density at radius 2 is 1.78 bits per heavy atom. The van der Waals surface area contributed by atoms with Crippen molar-refractivity contribution < 1.29 is 27.5 Å². The van der Waals surface area contributed by atoms with Crippen LogP contribution in [0.15, 0.2) is 53.4 Å². The van der Waals surface area contributed by atoms with Gasteiger partial charge in [0.2, 0.25) is 10.0 Å². The first-order valence-electron chi connectivity index (χ1n) is 10.4. The van der Waals surface area contributed by atoms with Crippen LogP contribution >= 0.6 is 0 Å². The molecule has 0 aliphatic heterocycles. The number of sulfonamides is 1. The molecule has 1 unspecified atom stereocenters. The molecular weight excluding hydrogens is 432 g/mol. The summed E-state index contributed by atoms with van der Waals surface area (Å²) in [5, 5.41) is 2.94. The Hall–Kier alpha value is -2.91. The molecule has 2 N–H and O–H groups in total. The number of nitrogens with one attached hydrogen (secondary N) is 2. The van der Waals surface area contributed by atoms with Crippen LogP contribution in [0.25, 0.3) is 0 Å². The van der Waals surface area contributed by atoms with E-state index in [1.807, 2.05) is 30.3 Å². The van der Waals surface area contributed by atoms with Crippen molar-refractivity contribution in [3.8, 4) is 5.75 Å². The van der Waals surface area contributed by atoms with E-state index < -0.39 is 28.5 Å². The minimum absolute atomic E-state index is 0.00420. The Morgan fingerprint density at radius 3 is 2.38 bits per heavy atom. The lowest BCUT2D eigenvalue weighted by Crippen LogP contribution is -2.33. The van der Waals surface area contributed by atoms with Crippen LogP contribution in [0.1, 0.15) is 48.7 Å².